The highest BCUT2D eigenvalue weighted by Gasteiger charge is 2.18. The first-order valence-corrected chi connectivity index (χ1v) is 7.97. The number of carbonyl (C=O) groups is 1. The summed E-state index contributed by atoms with van der Waals surface area (Å²) >= 11 is 0. The van der Waals surface area contributed by atoms with Crippen molar-refractivity contribution in [3.05, 3.63) is 77.6 Å². The molecular weight excluding hydrogens is 312 g/mol. The molecule has 0 fully saturated rings. The fraction of sp³-hybridized carbons (Fsp3) is 0.150. The van der Waals surface area contributed by atoms with Crippen molar-refractivity contribution in [2.75, 3.05) is 4.90 Å². The molecule has 0 saturated heterocycles. The van der Waals surface area contributed by atoms with Crippen molar-refractivity contribution in [2.24, 2.45) is 0 Å². The maximum Gasteiger partial charge on any atom is 0.224 e. The molecule has 1 amide bonds. The molecule has 0 saturated carbocycles. The summed E-state index contributed by atoms with van der Waals surface area (Å²) < 4.78 is 1.77. The molecule has 0 aliphatic rings. The minimum Gasteiger partial charge on any atom is -0.305 e. The van der Waals surface area contributed by atoms with Gasteiger partial charge in [0.2, 0.25) is 5.91 Å². The van der Waals surface area contributed by atoms with Crippen molar-refractivity contribution in [3.8, 4) is 11.8 Å². The van der Waals surface area contributed by atoms with Crippen LogP contribution in [-0.4, -0.2) is 15.7 Å². The first-order chi connectivity index (χ1) is 12.1. The Balaban J connectivity index is 1.95. The van der Waals surface area contributed by atoms with Gasteiger partial charge in [-0.05, 0) is 36.8 Å². The van der Waals surface area contributed by atoms with Gasteiger partial charge < -0.3 is 4.90 Å². The molecule has 0 N–H and O–H groups in total. The first-order valence-electron chi connectivity index (χ1n) is 7.97. The van der Waals surface area contributed by atoms with E-state index >= 15 is 0 Å². The Bertz CT molecular complexity index is 938. The van der Waals surface area contributed by atoms with Gasteiger partial charge in [-0.15, -0.1) is 0 Å². The van der Waals surface area contributed by atoms with Gasteiger partial charge in [-0.25, -0.2) is 4.68 Å². The van der Waals surface area contributed by atoms with Gasteiger partial charge in [0.05, 0.1) is 41.4 Å². The maximum absolute atomic E-state index is 12.2. The number of aromatic nitrogens is 2. The second-order valence-corrected chi connectivity index (χ2v) is 5.80. The Morgan fingerprint density at radius 3 is 2.64 bits per heavy atom. The molecule has 0 spiro atoms. The Morgan fingerprint density at radius 1 is 1.20 bits per heavy atom. The summed E-state index contributed by atoms with van der Waals surface area (Å²) in [5, 5.41) is 13.6. The van der Waals surface area contributed by atoms with Gasteiger partial charge >= 0.3 is 0 Å². The molecule has 1 aromatic heterocycles. The molecule has 124 valence electrons. The van der Waals surface area contributed by atoms with Crippen LogP contribution in [0.4, 0.5) is 5.69 Å². The zero-order valence-electron chi connectivity index (χ0n) is 14.2. The average Bonchev–Trinajstić information content (AvgIpc) is 3.02. The molecule has 0 unspecified atom stereocenters. The lowest BCUT2D eigenvalue weighted by atomic mass is 10.1. The predicted molar refractivity (Wildman–Crippen MR) is 96.3 cm³/mol. The van der Waals surface area contributed by atoms with Crippen molar-refractivity contribution in [2.45, 2.75) is 20.4 Å². The largest absolute Gasteiger partial charge is 0.305 e. The van der Waals surface area contributed by atoms with Crippen molar-refractivity contribution >= 4 is 11.6 Å². The van der Waals surface area contributed by atoms with Gasteiger partial charge in [-0.2, -0.15) is 10.4 Å². The van der Waals surface area contributed by atoms with Crippen LogP contribution in [0.25, 0.3) is 5.69 Å². The fourth-order valence-electron chi connectivity index (χ4n) is 2.72. The number of hydrogen-bond donors (Lipinski definition) is 0. The van der Waals surface area contributed by atoms with Crippen LogP contribution >= 0.6 is 0 Å². The Hall–Kier alpha value is -3.39. The number of anilines is 1. The summed E-state index contributed by atoms with van der Waals surface area (Å²) in [6.45, 7) is 3.82. The lowest BCUT2D eigenvalue weighted by Gasteiger charge is -2.20. The second-order valence-electron chi connectivity index (χ2n) is 5.80. The van der Waals surface area contributed by atoms with Gasteiger partial charge in [-0.1, -0.05) is 30.3 Å². The number of rotatable bonds is 4. The number of nitriles is 1. The predicted octanol–water partition coefficient (Wildman–Crippen LogP) is 3.61. The quantitative estimate of drug-likeness (QED) is 0.734. The molecule has 3 aromatic rings. The molecule has 0 aliphatic heterocycles. The monoisotopic (exact) mass is 330 g/mol. The molecule has 3 rings (SSSR count). The Kier molecular flexibility index (Phi) is 4.62. The Morgan fingerprint density at radius 2 is 1.96 bits per heavy atom. The average molecular weight is 330 g/mol. The van der Waals surface area contributed by atoms with Gasteiger partial charge in [0, 0.05) is 6.92 Å². The van der Waals surface area contributed by atoms with Crippen LogP contribution in [0, 0.1) is 18.3 Å². The van der Waals surface area contributed by atoms with Crippen LogP contribution in [0.2, 0.25) is 0 Å². The summed E-state index contributed by atoms with van der Waals surface area (Å²) in [5.41, 5.74) is 3.96. The minimum absolute atomic E-state index is 0.0712. The van der Waals surface area contributed by atoms with E-state index in [0.29, 0.717) is 12.1 Å². The third-order valence-electron chi connectivity index (χ3n) is 3.96. The molecule has 0 aliphatic carbocycles. The highest BCUT2D eigenvalue weighted by Crippen LogP contribution is 2.23. The number of para-hydroxylation sites is 1. The van der Waals surface area contributed by atoms with Crippen molar-refractivity contribution in [1.82, 2.24) is 9.78 Å². The molecule has 5 nitrogen and oxygen atoms in total. The maximum atomic E-state index is 12.2. The SMILES string of the molecule is CC(=O)N(Cc1cccc(C#N)c1)c1cn(-c2ccccc2)nc1C. The minimum atomic E-state index is -0.0712. The highest BCUT2D eigenvalue weighted by molar-refractivity contribution is 5.91. The van der Waals surface area contributed by atoms with Crippen LogP contribution < -0.4 is 4.90 Å². The van der Waals surface area contributed by atoms with Gasteiger partial charge in [0.15, 0.2) is 0 Å². The Labute approximate surface area is 146 Å². The molecular formula is C20H18N4O. The first kappa shape index (κ1) is 16.5. The molecule has 0 radical (unpaired) electrons. The summed E-state index contributed by atoms with van der Waals surface area (Å²) in [5.74, 6) is -0.0712. The van der Waals surface area contributed by atoms with E-state index in [2.05, 4.69) is 11.2 Å². The zero-order valence-corrected chi connectivity index (χ0v) is 14.2. The third-order valence-corrected chi connectivity index (χ3v) is 3.96. The van der Waals surface area contributed by atoms with Crippen molar-refractivity contribution in [1.29, 1.82) is 5.26 Å². The van der Waals surface area contributed by atoms with Gasteiger partial charge in [-0.3, -0.25) is 4.79 Å². The topological polar surface area (TPSA) is 61.9 Å². The van der Waals surface area contributed by atoms with E-state index < -0.39 is 0 Å². The van der Waals surface area contributed by atoms with E-state index in [4.69, 9.17) is 5.26 Å². The number of aryl methyl sites for hydroxylation is 1. The molecule has 1 heterocycles. The van der Waals surface area contributed by atoms with Gasteiger partial charge in [0.25, 0.3) is 0 Å². The standard InChI is InChI=1S/C20H18N4O/c1-15-20(14-24(22-15)19-9-4-3-5-10-19)23(16(2)25)13-18-8-6-7-17(11-18)12-21/h3-11,14H,13H2,1-2H3. The normalized spacial score (nSPS) is 10.3. The second kappa shape index (κ2) is 7.02. The summed E-state index contributed by atoms with van der Waals surface area (Å²) in [7, 11) is 0. The van der Waals surface area contributed by atoms with Crippen LogP contribution in [0.15, 0.2) is 60.8 Å². The zero-order chi connectivity index (χ0) is 17.8. The van der Waals surface area contributed by atoms with Crippen LogP contribution in [0.3, 0.4) is 0 Å². The summed E-state index contributed by atoms with van der Waals surface area (Å²) in [6.07, 6.45) is 1.86. The smallest absolute Gasteiger partial charge is 0.224 e. The molecule has 0 bridgehead atoms. The number of benzene rings is 2. The van der Waals surface area contributed by atoms with E-state index in [1.165, 1.54) is 6.92 Å². The van der Waals surface area contributed by atoms with Crippen molar-refractivity contribution < 1.29 is 4.79 Å². The molecule has 0 atom stereocenters. The number of amides is 1. The lowest BCUT2D eigenvalue weighted by Crippen LogP contribution is -2.28. The van der Waals surface area contributed by atoms with Gasteiger partial charge in [0.1, 0.15) is 0 Å². The van der Waals surface area contributed by atoms with E-state index in [1.807, 2.05) is 55.6 Å². The van der Waals surface area contributed by atoms with Crippen LogP contribution in [0.1, 0.15) is 23.7 Å². The third kappa shape index (κ3) is 3.59. The van der Waals surface area contributed by atoms with E-state index in [9.17, 15) is 4.79 Å². The van der Waals surface area contributed by atoms with Crippen LogP contribution in [-0.2, 0) is 11.3 Å². The molecule has 25 heavy (non-hydrogen) atoms. The fourth-order valence-corrected chi connectivity index (χ4v) is 2.72. The van der Waals surface area contributed by atoms with E-state index in [0.717, 1.165) is 22.6 Å². The number of hydrogen-bond acceptors (Lipinski definition) is 3. The van der Waals surface area contributed by atoms with E-state index in [-0.39, 0.29) is 5.91 Å². The van der Waals surface area contributed by atoms with Crippen molar-refractivity contribution in [3.63, 3.8) is 0 Å². The van der Waals surface area contributed by atoms with Crippen LogP contribution in [0.5, 0.6) is 0 Å². The highest BCUT2D eigenvalue weighted by atomic mass is 16.2. The number of carbonyl (C=O) groups excluding carboxylic acids is 1. The summed E-state index contributed by atoms with van der Waals surface area (Å²) in [6, 6.07) is 19.2. The van der Waals surface area contributed by atoms with E-state index in [1.54, 1.807) is 21.7 Å². The summed E-state index contributed by atoms with van der Waals surface area (Å²) in [4.78, 5) is 13.9. The lowest BCUT2D eigenvalue weighted by molar-refractivity contribution is -0.116. The molecule has 2 aromatic carbocycles. The number of nitrogens with zero attached hydrogens (tertiary/aromatic N) is 4. The molecule has 5 heteroatoms.